The molecule has 3 rings (SSSR count). The lowest BCUT2D eigenvalue weighted by Crippen LogP contribution is -2.39. The van der Waals surface area contributed by atoms with Crippen LogP contribution >= 0.6 is 12.6 Å². The molecule has 2 fully saturated rings. The summed E-state index contributed by atoms with van der Waals surface area (Å²) in [4.78, 5) is 6.87. The van der Waals surface area contributed by atoms with E-state index in [4.69, 9.17) is 0 Å². The van der Waals surface area contributed by atoms with E-state index in [1.54, 1.807) is 0 Å². The van der Waals surface area contributed by atoms with Gasteiger partial charge < -0.3 is 10.0 Å². The number of hydrogen-bond acceptors (Lipinski definition) is 4. The summed E-state index contributed by atoms with van der Waals surface area (Å²) >= 11 is 4.31. The maximum atomic E-state index is 9.31. The van der Waals surface area contributed by atoms with E-state index in [1.807, 2.05) is 12.1 Å². The van der Waals surface area contributed by atoms with Gasteiger partial charge in [-0.15, -0.1) is 12.6 Å². The fourth-order valence-electron chi connectivity index (χ4n) is 3.74. The van der Waals surface area contributed by atoms with Gasteiger partial charge in [-0.25, -0.2) is 4.98 Å². The van der Waals surface area contributed by atoms with Gasteiger partial charge in [-0.3, -0.25) is 0 Å². The molecule has 3 nitrogen and oxygen atoms in total. The van der Waals surface area contributed by atoms with Gasteiger partial charge in [0.1, 0.15) is 5.82 Å². The molecule has 4 heteroatoms. The lowest BCUT2D eigenvalue weighted by molar-refractivity contribution is 0.184. The summed E-state index contributed by atoms with van der Waals surface area (Å²) in [7, 11) is 0. The van der Waals surface area contributed by atoms with Crippen molar-refractivity contribution in [3.8, 4) is 0 Å². The summed E-state index contributed by atoms with van der Waals surface area (Å²) in [6, 6.07) is 6.01. The van der Waals surface area contributed by atoms with Crippen molar-refractivity contribution >= 4 is 18.4 Å². The second kappa shape index (κ2) is 5.33. The zero-order valence-electron chi connectivity index (χ0n) is 11.3. The minimum atomic E-state index is 0.370. The van der Waals surface area contributed by atoms with Crippen LogP contribution in [0.25, 0.3) is 0 Å². The zero-order chi connectivity index (χ0) is 13.3. The summed E-state index contributed by atoms with van der Waals surface area (Å²) in [6.45, 7) is 2.54. The Balaban J connectivity index is 1.64. The molecule has 1 atom stereocenters. The number of aliphatic hydroxyl groups excluding tert-OH is 1. The molecule has 0 bridgehead atoms. The molecule has 0 radical (unpaired) electrons. The lowest BCUT2D eigenvalue weighted by atomic mass is 9.76. The van der Waals surface area contributed by atoms with Gasteiger partial charge in [0.15, 0.2) is 0 Å². The highest BCUT2D eigenvalue weighted by Gasteiger charge is 2.41. The predicted molar refractivity (Wildman–Crippen MR) is 79.8 cm³/mol. The van der Waals surface area contributed by atoms with Gasteiger partial charge in [-0.1, -0.05) is 6.07 Å². The predicted octanol–water partition coefficient (Wildman–Crippen LogP) is 2.75. The van der Waals surface area contributed by atoms with Gasteiger partial charge in [-0.2, -0.15) is 0 Å². The van der Waals surface area contributed by atoms with Crippen LogP contribution < -0.4 is 4.90 Å². The van der Waals surface area contributed by atoms with Gasteiger partial charge in [-0.05, 0) is 55.6 Å². The SMILES string of the molecule is OCC1CCC2(CCN(c3cccc(S)n3)CC2)C1. The molecular weight excluding hydrogens is 256 g/mol. The second-order valence-corrected chi connectivity index (χ2v) is 6.59. The molecule has 1 N–H and O–H groups in total. The molecule has 1 saturated carbocycles. The minimum absolute atomic E-state index is 0.370. The first-order valence-electron chi connectivity index (χ1n) is 7.23. The van der Waals surface area contributed by atoms with E-state index in [1.165, 1.54) is 32.1 Å². The number of thiol groups is 1. The van der Waals surface area contributed by atoms with Crippen LogP contribution in [0.1, 0.15) is 32.1 Å². The van der Waals surface area contributed by atoms with E-state index in [0.717, 1.165) is 23.9 Å². The fraction of sp³-hybridized carbons (Fsp3) is 0.667. The van der Waals surface area contributed by atoms with E-state index in [2.05, 4.69) is 28.6 Å². The third kappa shape index (κ3) is 2.75. The third-order valence-electron chi connectivity index (χ3n) is 4.93. The quantitative estimate of drug-likeness (QED) is 0.817. The van der Waals surface area contributed by atoms with E-state index in [9.17, 15) is 5.11 Å². The van der Waals surface area contributed by atoms with Crippen LogP contribution in [0.15, 0.2) is 23.2 Å². The number of rotatable bonds is 2. The maximum absolute atomic E-state index is 9.31. The Morgan fingerprint density at radius 2 is 2.11 bits per heavy atom. The van der Waals surface area contributed by atoms with Crippen molar-refractivity contribution in [1.29, 1.82) is 0 Å². The van der Waals surface area contributed by atoms with Gasteiger partial charge in [0, 0.05) is 19.7 Å². The molecule has 1 aromatic rings. The van der Waals surface area contributed by atoms with Crippen molar-refractivity contribution < 1.29 is 5.11 Å². The summed E-state index contributed by atoms with van der Waals surface area (Å²) < 4.78 is 0. The third-order valence-corrected chi connectivity index (χ3v) is 5.18. The van der Waals surface area contributed by atoms with Crippen molar-refractivity contribution in [2.24, 2.45) is 11.3 Å². The molecule has 1 aromatic heterocycles. The summed E-state index contributed by atoms with van der Waals surface area (Å²) in [5.74, 6) is 1.60. The number of hydrogen-bond donors (Lipinski definition) is 2. The monoisotopic (exact) mass is 278 g/mol. The summed E-state index contributed by atoms with van der Waals surface area (Å²) in [5.41, 5.74) is 0.502. The van der Waals surface area contributed by atoms with Gasteiger partial charge in [0.05, 0.1) is 5.03 Å². The van der Waals surface area contributed by atoms with E-state index >= 15 is 0 Å². The number of aromatic nitrogens is 1. The maximum Gasteiger partial charge on any atom is 0.129 e. The Morgan fingerprint density at radius 1 is 1.32 bits per heavy atom. The normalized spacial score (nSPS) is 26.0. The van der Waals surface area contributed by atoms with Crippen molar-refractivity contribution in [1.82, 2.24) is 4.98 Å². The van der Waals surface area contributed by atoms with E-state index in [-0.39, 0.29) is 0 Å². The number of anilines is 1. The van der Waals surface area contributed by atoms with E-state index < -0.39 is 0 Å². The molecule has 2 heterocycles. The number of pyridine rings is 1. The molecule has 2 aliphatic rings. The molecule has 1 aliphatic heterocycles. The Kier molecular flexibility index (Phi) is 3.72. The van der Waals surface area contributed by atoms with E-state index in [0.29, 0.717) is 17.9 Å². The van der Waals surface area contributed by atoms with Crippen LogP contribution in [0.4, 0.5) is 5.82 Å². The van der Waals surface area contributed by atoms with Crippen LogP contribution in [-0.4, -0.2) is 29.8 Å². The van der Waals surface area contributed by atoms with Crippen LogP contribution in [0.2, 0.25) is 0 Å². The average molecular weight is 278 g/mol. The zero-order valence-corrected chi connectivity index (χ0v) is 12.1. The molecule has 0 aromatic carbocycles. The standard InChI is InChI=1S/C15H22N2OS/c18-11-12-4-5-15(10-12)6-8-17(9-7-15)13-2-1-3-14(19)16-13/h1-3,12,18H,4-11H2,(H,16,19). The van der Waals surface area contributed by atoms with Crippen molar-refractivity contribution in [3.05, 3.63) is 18.2 Å². The highest BCUT2D eigenvalue weighted by molar-refractivity contribution is 7.80. The number of nitrogens with zero attached hydrogens (tertiary/aromatic N) is 2. The molecular formula is C15H22N2OS. The number of aliphatic hydroxyl groups is 1. The molecule has 104 valence electrons. The first kappa shape index (κ1) is 13.3. The highest BCUT2D eigenvalue weighted by atomic mass is 32.1. The molecule has 1 spiro atoms. The molecule has 1 aliphatic carbocycles. The Labute approximate surface area is 120 Å². The Hall–Kier alpha value is -0.740. The molecule has 19 heavy (non-hydrogen) atoms. The molecule has 1 unspecified atom stereocenters. The van der Waals surface area contributed by atoms with Gasteiger partial charge in [0.25, 0.3) is 0 Å². The van der Waals surface area contributed by atoms with Crippen molar-refractivity contribution in [3.63, 3.8) is 0 Å². The van der Waals surface area contributed by atoms with Crippen molar-refractivity contribution in [2.75, 3.05) is 24.6 Å². The van der Waals surface area contributed by atoms with Crippen molar-refractivity contribution in [2.45, 2.75) is 37.1 Å². The fourth-order valence-corrected chi connectivity index (χ4v) is 3.92. The topological polar surface area (TPSA) is 36.4 Å². The Morgan fingerprint density at radius 3 is 2.74 bits per heavy atom. The Bertz CT molecular complexity index is 444. The summed E-state index contributed by atoms with van der Waals surface area (Å²) in [6.07, 6.45) is 6.20. The smallest absolute Gasteiger partial charge is 0.129 e. The lowest BCUT2D eigenvalue weighted by Gasteiger charge is -2.40. The average Bonchev–Trinajstić information content (AvgIpc) is 2.83. The largest absolute Gasteiger partial charge is 0.396 e. The number of piperidine rings is 1. The highest BCUT2D eigenvalue weighted by Crippen LogP contribution is 2.49. The van der Waals surface area contributed by atoms with Crippen LogP contribution in [0.3, 0.4) is 0 Å². The van der Waals surface area contributed by atoms with Gasteiger partial charge in [0.2, 0.25) is 0 Å². The molecule has 1 saturated heterocycles. The van der Waals surface area contributed by atoms with Crippen LogP contribution in [-0.2, 0) is 0 Å². The summed E-state index contributed by atoms with van der Waals surface area (Å²) in [5, 5.41) is 10.1. The van der Waals surface area contributed by atoms with Crippen LogP contribution in [0, 0.1) is 11.3 Å². The van der Waals surface area contributed by atoms with Gasteiger partial charge >= 0.3 is 0 Å². The first-order valence-corrected chi connectivity index (χ1v) is 7.67. The minimum Gasteiger partial charge on any atom is -0.396 e. The van der Waals surface area contributed by atoms with Crippen LogP contribution in [0.5, 0.6) is 0 Å². The molecule has 0 amide bonds. The first-order chi connectivity index (χ1) is 9.21. The second-order valence-electron chi connectivity index (χ2n) is 6.13.